The highest BCUT2D eigenvalue weighted by molar-refractivity contribution is 5.87. The summed E-state index contributed by atoms with van der Waals surface area (Å²) in [4.78, 5) is 39.5. The minimum Gasteiger partial charge on any atom is -0.381 e. The van der Waals surface area contributed by atoms with E-state index in [-0.39, 0.29) is 35.5 Å². The molecule has 8 nitrogen and oxygen atoms in total. The van der Waals surface area contributed by atoms with Gasteiger partial charge in [-0.2, -0.15) is 5.10 Å². The summed E-state index contributed by atoms with van der Waals surface area (Å²) in [6.07, 6.45) is 5.90. The van der Waals surface area contributed by atoms with Gasteiger partial charge in [-0.05, 0) is 44.6 Å². The zero-order chi connectivity index (χ0) is 20.4. The quantitative estimate of drug-likeness (QED) is 0.743. The van der Waals surface area contributed by atoms with Crippen LogP contribution < -0.4 is 10.9 Å². The molecule has 0 spiro atoms. The van der Waals surface area contributed by atoms with E-state index in [4.69, 9.17) is 4.74 Å². The van der Waals surface area contributed by atoms with Gasteiger partial charge in [0.1, 0.15) is 0 Å². The van der Waals surface area contributed by atoms with Crippen LogP contribution in [0.5, 0.6) is 0 Å². The first-order valence-corrected chi connectivity index (χ1v) is 10.8. The molecule has 0 saturated carbocycles. The predicted molar refractivity (Wildman–Crippen MR) is 106 cm³/mol. The van der Waals surface area contributed by atoms with Crippen molar-refractivity contribution in [2.24, 2.45) is 5.41 Å². The van der Waals surface area contributed by atoms with Crippen LogP contribution >= 0.6 is 0 Å². The van der Waals surface area contributed by atoms with Gasteiger partial charge in [0.25, 0.3) is 5.56 Å². The van der Waals surface area contributed by atoms with Crippen LogP contribution in [0, 0.1) is 5.41 Å². The maximum atomic E-state index is 13.3. The summed E-state index contributed by atoms with van der Waals surface area (Å²) >= 11 is 0. The van der Waals surface area contributed by atoms with E-state index in [9.17, 15) is 14.4 Å². The highest BCUT2D eigenvalue weighted by Gasteiger charge is 2.60. The highest BCUT2D eigenvalue weighted by atomic mass is 16.5. The number of hydrogen-bond donors (Lipinski definition) is 2. The van der Waals surface area contributed by atoms with Crippen molar-refractivity contribution in [2.45, 2.75) is 76.4 Å². The molecule has 8 heteroatoms. The molecular formula is C21H30N4O4. The lowest BCUT2D eigenvalue weighted by Crippen LogP contribution is -2.52. The molecule has 2 amide bonds. The fourth-order valence-corrected chi connectivity index (χ4v) is 5.39. The first-order valence-electron chi connectivity index (χ1n) is 10.8. The lowest BCUT2D eigenvalue weighted by Gasteiger charge is -2.37. The molecule has 4 heterocycles. The number of nitrogens with one attached hydrogen (secondary N) is 2. The highest BCUT2D eigenvalue weighted by Crippen LogP contribution is 2.52. The van der Waals surface area contributed by atoms with Gasteiger partial charge in [0, 0.05) is 50.2 Å². The maximum Gasteiger partial charge on any atom is 0.264 e. The molecule has 0 aliphatic carbocycles. The second-order valence-electron chi connectivity index (χ2n) is 8.53. The van der Waals surface area contributed by atoms with E-state index in [0.717, 1.165) is 38.5 Å². The Morgan fingerprint density at radius 2 is 2.07 bits per heavy atom. The van der Waals surface area contributed by atoms with Gasteiger partial charge in [-0.25, -0.2) is 5.10 Å². The number of rotatable bonds is 6. The average molecular weight is 402 g/mol. The summed E-state index contributed by atoms with van der Waals surface area (Å²) in [5.74, 6) is 0.193. The number of hydrogen-bond acceptors (Lipinski definition) is 5. The molecule has 29 heavy (non-hydrogen) atoms. The number of amides is 2. The smallest absolute Gasteiger partial charge is 0.264 e. The third-order valence-electron chi connectivity index (χ3n) is 7.00. The molecule has 0 aromatic carbocycles. The molecule has 3 aliphatic rings. The molecule has 3 saturated heterocycles. The fraction of sp³-hybridized carbons (Fsp3) is 0.714. The summed E-state index contributed by atoms with van der Waals surface area (Å²) in [5.41, 5.74) is -0.0305. The molecule has 4 rings (SSSR count). The first-order chi connectivity index (χ1) is 14.0. The monoisotopic (exact) mass is 402 g/mol. The van der Waals surface area contributed by atoms with Gasteiger partial charge in [-0.1, -0.05) is 6.92 Å². The van der Waals surface area contributed by atoms with Gasteiger partial charge in [0.15, 0.2) is 0 Å². The number of H-pyrrole nitrogens is 1. The van der Waals surface area contributed by atoms with Crippen LogP contribution in [-0.4, -0.2) is 58.3 Å². The third kappa shape index (κ3) is 3.82. The molecule has 1 aromatic heterocycles. The van der Waals surface area contributed by atoms with Crippen molar-refractivity contribution in [3.8, 4) is 0 Å². The van der Waals surface area contributed by atoms with Gasteiger partial charge in [-0.15, -0.1) is 0 Å². The van der Waals surface area contributed by atoms with Crippen LogP contribution in [-0.2, 0) is 20.7 Å². The van der Waals surface area contributed by atoms with E-state index in [1.165, 1.54) is 6.07 Å². The van der Waals surface area contributed by atoms with E-state index in [1.54, 1.807) is 6.07 Å². The van der Waals surface area contributed by atoms with Crippen molar-refractivity contribution in [3.05, 3.63) is 28.2 Å². The third-order valence-corrected chi connectivity index (χ3v) is 7.00. The van der Waals surface area contributed by atoms with Crippen LogP contribution in [0.25, 0.3) is 0 Å². The molecule has 2 bridgehead atoms. The molecule has 3 aliphatic heterocycles. The van der Waals surface area contributed by atoms with Crippen LogP contribution in [0.15, 0.2) is 16.9 Å². The Hall–Kier alpha value is -2.22. The van der Waals surface area contributed by atoms with Crippen LogP contribution in [0.4, 0.5) is 0 Å². The molecule has 2 N–H and O–H groups in total. The Morgan fingerprint density at radius 3 is 2.76 bits per heavy atom. The normalized spacial score (nSPS) is 29.2. The van der Waals surface area contributed by atoms with Crippen LogP contribution in [0.3, 0.4) is 0 Å². The van der Waals surface area contributed by atoms with Gasteiger partial charge in [0.2, 0.25) is 11.8 Å². The van der Waals surface area contributed by atoms with E-state index < -0.39 is 5.41 Å². The van der Waals surface area contributed by atoms with Gasteiger partial charge < -0.3 is 15.0 Å². The number of aromatic amines is 1. The summed E-state index contributed by atoms with van der Waals surface area (Å²) in [5, 5.41) is 9.65. The minimum absolute atomic E-state index is 0.0200. The second kappa shape index (κ2) is 8.26. The van der Waals surface area contributed by atoms with Crippen LogP contribution in [0.1, 0.15) is 57.6 Å². The summed E-state index contributed by atoms with van der Waals surface area (Å²) in [6.45, 7) is 3.45. The molecule has 1 aromatic rings. The van der Waals surface area contributed by atoms with Crippen molar-refractivity contribution in [2.75, 3.05) is 13.2 Å². The standard InChI is InChI=1S/C21H30N4O4/c1-2-21(20(28)22-14-9-11-29-12-10-14)13-16-5-6-17(21)25(16)19(27)8-4-15-3-7-18(26)24-23-15/h3,7,14,16-17H,2,4-6,8-13H2,1H3,(H,22,28)(H,24,26)/t16-,17+,21+/m1/s1. The molecule has 0 radical (unpaired) electrons. The van der Waals surface area contributed by atoms with Gasteiger partial charge >= 0.3 is 0 Å². The number of nitrogens with zero attached hydrogens (tertiary/aromatic N) is 2. The Morgan fingerprint density at radius 1 is 1.28 bits per heavy atom. The van der Waals surface area contributed by atoms with E-state index in [1.807, 2.05) is 4.90 Å². The second-order valence-corrected chi connectivity index (χ2v) is 8.53. The molecule has 0 unspecified atom stereocenters. The lowest BCUT2D eigenvalue weighted by atomic mass is 9.71. The van der Waals surface area contributed by atoms with E-state index in [2.05, 4.69) is 22.4 Å². The van der Waals surface area contributed by atoms with E-state index >= 15 is 0 Å². The number of fused-ring (bicyclic) bond motifs is 2. The number of aromatic nitrogens is 2. The summed E-state index contributed by atoms with van der Waals surface area (Å²) in [7, 11) is 0. The Kier molecular flexibility index (Phi) is 5.72. The van der Waals surface area contributed by atoms with Crippen molar-refractivity contribution in [3.63, 3.8) is 0 Å². The minimum atomic E-state index is -0.479. The van der Waals surface area contributed by atoms with Crippen molar-refractivity contribution in [1.29, 1.82) is 0 Å². The topological polar surface area (TPSA) is 104 Å². The Labute approximate surface area is 170 Å². The number of carbonyl (C=O) groups excluding carboxylic acids is 2. The maximum absolute atomic E-state index is 13.3. The fourth-order valence-electron chi connectivity index (χ4n) is 5.39. The number of carbonyl (C=O) groups is 2. The molecule has 3 atom stereocenters. The van der Waals surface area contributed by atoms with Crippen molar-refractivity contribution < 1.29 is 14.3 Å². The zero-order valence-electron chi connectivity index (χ0n) is 17.0. The largest absolute Gasteiger partial charge is 0.381 e. The number of ether oxygens (including phenoxy) is 1. The Balaban J connectivity index is 1.42. The lowest BCUT2D eigenvalue weighted by molar-refractivity contribution is -0.137. The van der Waals surface area contributed by atoms with Gasteiger partial charge in [0.05, 0.1) is 11.1 Å². The molecule has 158 valence electrons. The zero-order valence-corrected chi connectivity index (χ0v) is 17.0. The van der Waals surface area contributed by atoms with Crippen LogP contribution in [0.2, 0.25) is 0 Å². The average Bonchev–Trinajstić information content (AvgIpc) is 3.30. The van der Waals surface area contributed by atoms with Crippen molar-refractivity contribution >= 4 is 11.8 Å². The SMILES string of the molecule is CC[C@]1(C(=O)NC2CCOCC2)C[C@H]2CC[C@@H]1N2C(=O)CCc1ccc(=O)[nH]n1. The summed E-state index contributed by atoms with van der Waals surface area (Å²) < 4.78 is 5.40. The molecule has 3 fully saturated rings. The molecular weight excluding hydrogens is 372 g/mol. The van der Waals surface area contributed by atoms with Crippen molar-refractivity contribution in [1.82, 2.24) is 20.4 Å². The van der Waals surface area contributed by atoms with Gasteiger partial charge in [-0.3, -0.25) is 14.4 Å². The number of aryl methyl sites for hydroxylation is 1. The Bertz CT molecular complexity index is 799. The van der Waals surface area contributed by atoms with E-state index in [0.29, 0.717) is 31.7 Å². The first kappa shape index (κ1) is 20.1. The predicted octanol–water partition coefficient (Wildman–Crippen LogP) is 1.16. The summed E-state index contributed by atoms with van der Waals surface area (Å²) in [6, 6.07) is 3.39.